The van der Waals surface area contributed by atoms with Gasteiger partial charge in [0, 0.05) is 23.6 Å². The summed E-state index contributed by atoms with van der Waals surface area (Å²) in [6.07, 6.45) is 28.2. The predicted octanol–water partition coefficient (Wildman–Crippen LogP) is 5.56. The second kappa shape index (κ2) is 6.74. The van der Waals surface area contributed by atoms with Crippen LogP contribution in [-0.4, -0.2) is 18.2 Å². The van der Waals surface area contributed by atoms with Crippen LogP contribution in [0.1, 0.15) is 46.0 Å². The molecule has 2 heteroatoms. The first-order valence-electron chi connectivity index (χ1n) is 12.0. The Morgan fingerprint density at radius 1 is 0.931 bits per heavy atom. The molecule has 1 saturated heterocycles. The van der Waals surface area contributed by atoms with Crippen molar-refractivity contribution in [2.24, 2.45) is 40.9 Å². The summed E-state index contributed by atoms with van der Waals surface area (Å²) in [6, 6.07) is 0.474. The van der Waals surface area contributed by atoms with Gasteiger partial charge in [-0.1, -0.05) is 75.3 Å². The minimum Gasteiger partial charge on any atom is -0.382 e. The number of ether oxygens (including phenoxy) is 1. The van der Waals surface area contributed by atoms with E-state index in [-0.39, 0.29) is 12.2 Å². The molecule has 9 atom stereocenters. The Kier molecular flexibility index (Phi) is 4.24. The van der Waals surface area contributed by atoms with Gasteiger partial charge in [0.25, 0.3) is 0 Å². The molecule has 0 aromatic rings. The molecule has 0 aromatic carbocycles. The topological polar surface area (TPSA) is 21.3 Å². The van der Waals surface area contributed by atoms with E-state index in [1.165, 1.54) is 37.8 Å². The Morgan fingerprint density at radius 3 is 2.69 bits per heavy atom. The second-order valence-corrected chi connectivity index (χ2v) is 10.8. The van der Waals surface area contributed by atoms with E-state index in [1.54, 1.807) is 0 Å². The number of rotatable bonds is 2. The number of hydrogen-bond donors (Lipinski definition) is 1. The summed E-state index contributed by atoms with van der Waals surface area (Å²) >= 11 is 0. The second-order valence-electron chi connectivity index (χ2n) is 10.8. The minimum atomic E-state index is 0.204. The fourth-order valence-corrected chi connectivity index (χ4v) is 8.05. The molecule has 6 aliphatic rings. The largest absolute Gasteiger partial charge is 0.382 e. The normalized spacial score (nSPS) is 48.5. The summed E-state index contributed by atoms with van der Waals surface area (Å²) in [5.74, 6) is 4.29. The highest BCUT2D eigenvalue weighted by Crippen LogP contribution is 2.62. The highest BCUT2D eigenvalue weighted by atomic mass is 16.5. The van der Waals surface area contributed by atoms with Gasteiger partial charge in [0.1, 0.15) is 0 Å². The predicted molar refractivity (Wildman–Crippen MR) is 118 cm³/mol. The summed E-state index contributed by atoms with van der Waals surface area (Å²) in [7, 11) is 0. The third kappa shape index (κ3) is 2.71. The Morgan fingerprint density at radius 2 is 1.76 bits per heavy atom. The molecule has 154 valence electrons. The van der Waals surface area contributed by atoms with Gasteiger partial charge in [-0.25, -0.2) is 0 Å². The van der Waals surface area contributed by atoms with Crippen molar-refractivity contribution in [1.29, 1.82) is 0 Å². The number of fused-ring (bicyclic) bond motifs is 6. The summed E-state index contributed by atoms with van der Waals surface area (Å²) in [4.78, 5) is 0. The standard InChI is InChI=1S/C27H35NO/c1-27(2)19-11-5-3-9-17(19)25-20(27)12-7-13-21(25)28-22-14-8-16-24-26(22)18-10-4-6-15-23(18)29-24/h4,6-8,10,13-21,23-26,28H,3,5,9,11-12H2,1-2H3/t17-,18?,19?,20?,21?,23?,24?,25?,26+/m0/s1. The van der Waals surface area contributed by atoms with Crippen LogP contribution in [0.3, 0.4) is 0 Å². The molecule has 0 bridgehead atoms. The molecule has 1 N–H and O–H groups in total. The van der Waals surface area contributed by atoms with Gasteiger partial charge in [-0.05, 0) is 54.4 Å². The molecule has 6 rings (SSSR count). The van der Waals surface area contributed by atoms with Crippen LogP contribution in [0.5, 0.6) is 0 Å². The zero-order chi connectivity index (χ0) is 19.6. The van der Waals surface area contributed by atoms with Crippen LogP contribution >= 0.6 is 0 Å². The molecule has 0 amide bonds. The Hall–Kier alpha value is -1.54. The zero-order valence-corrected chi connectivity index (χ0v) is 17.8. The molecule has 5 aliphatic carbocycles. The summed E-state index contributed by atoms with van der Waals surface area (Å²) in [5, 5.41) is 4.09. The van der Waals surface area contributed by atoms with Crippen LogP contribution in [0.2, 0.25) is 0 Å². The van der Waals surface area contributed by atoms with Crippen molar-refractivity contribution in [2.45, 2.75) is 64.2 Å². The van der Waals surface area contributed by atoms with Gasteiger partial charge in [-0.2, -0.15) is 0 Å². The molecule has 3 fully saturated rings. The van der Waals surface area contributed by atoms with E-state index < -0.39 is 0 Å². The number of allylic oxidation sites excluding steroid dienone is 5. The van der Waals surface area contributed by atoms with E-state index in [9.17, 15) is 0 Å². The van der Waals surface area contributed by atoms with Crippen LogP contribution in [-0.2, 0) is 4.74 Å². The molecular formula is C27H35NO. The van der Waals surface area contributed by atoms with Crippen molar-refractivity contribution in [2.75, 3.05) is 0 Å². The van der Waals surface area contributed by atoms with Crippen molar-refractivity contribution in [3.05, 3.63) is 60.4 Å². The molecule has 7 unspecified atom stereocenters. The average molecular weight is 390 g/mol. The molecule has 1 aliphatic heterocycles. The van der Waals surface area contributed by atoms with Crippen LogP contribution in [0.15, 0.2) is 60.4 Å². The molecule has 0 aromatic heterocycles. The van der Waals surface area contributed by atoms with Crippen LogP contribution in [0, 0.1) is 40.9 Å². The average Bonchev–Trinajstić information content (AvgIpc) is 3.23. The third-order valence-electron chi connectivity index (χ3n) is 9.31. The lowest BCUT2D eigenvalue weighted by Crippen LogP contribution is -2.45. The van der Waals surface area contributed by atoms with E-state index in [0.717, 1.165) is 23.7 Å². The van der Waals surface area contributed by atoms with Crippen LogP contribution in [0.4, 0.5) is 0 Å². The fourth-order valence-electron chi connectivity index (χ4n) is 8.05. The van der Waals surface area contributed by atoms with Gasteiger partial charge in [-0.15, -0.1) is 0 Å². The lowest BCUT2D eigenvalue weighted by molar-refractivity contribution is 0.0865. The maximum Gasteiger partial charge on any atom is 0.0856 e. The minimum absolute atomic E-state index is 0.204. The van der Waals surface area contributed by atoms with Crippen molar-refractivity contribution < 1.29 is 4.74 Å². The summed E-state index contributed by atoms with van der Waals surface area (Å²) in [6.45, 7) is 5.15. The van der Waals surface area contributed by atoms with Gasteiger partial charge in [-0.3, -0.25) is 0 Å². The molecular weight excluding hydrogens is 354 g/mol. The van der Waals surface area contributed by atoms with E-state index in [1.807, 2.05) is 0 Å². The van der Waals surface area contributed by atoms with Gasteiger partial charge >= 0.3 is 0 Å². The van der Waals surface area contributed by atoms with Crippen molar-refractivity contribution in [3.8, 4) is 0 Å². The first-order chi connectivity index (χ1) is 14.1. The molecule has 2 nitrogen and oxygen atoms in total. The highest BCUT2D eigenvalue weighted by molar-refractivity contribution is 5.33. The van der Waals surface area contributed by atoms with Gasteiger partial charge in [0.05, 0.1) is 12.2 Å². The van der Waals surface area contributed by atoms with Crippen molar-refractivity contribution in [3.63, 3.8) is 0 Å². The fraction of sp³-hybridized carbons (Fsp3) is 0.630. The lowest BCUT2D eigenvalue weighted by atomic mass is 9.68. The Bertz CT molecular complexity index is 814. The van der Waals surface area contributed by atoms with Gasteiger partial charge < -0.3 is 10.1 Å². The maximum atomic E-state index is 6.37. The monoisotopic (exact) mass is 389 g/mol. The molecule has 0 radical (unpaired) electrons. The first kappa shape index (κ1) is 18.2. The molecule has 29 heavy (non-hydrogen) atoms. The quantitative estimate of drug-likeness (QED) is 0.624. The van der Waals surface area contributed by atoms with E-state index in [0.29, 0.717) is 23.3 Å². The smallest absolute Gasteiger partial charge is 0.0856 e. The third-order valence-corrected chi connectivity index (χ3v) is 9.31. The summed E-state index contributed by atoms with van der Waals surface area (Å²) < 4.78 is 6.37. The number of hydrogen-bond acceptors (Lipinski definition) is 2. The molecule has 0 spiro atoms. The van der Waals surface area contributed by atoms with Gasteiger partial charge in [0.15, 0.2) is 0 Å². The number of nitrogens with one attached hydrogen (secondary N) is 1. The lowest BCUT2D eigenvalue weighted by Gasteiger charge is -2.40. The molecule has 1 heterocycles. The Labute approximate surface area is 175 Å². The van der Waals surface area contributed by atoms with E-state index >= 15 is 0 Å². The highest BCUT2D eigenvalue weighted by Gasteiger charge is 2.57. The zero-order valence-electron chi connectivity index (χ0n) is 17.8. The van der Waals surface area contributed by atoms with Crippen molar-refractivity contribution >= 4 is 0 Å². The Balaban J connectivity index is 1.29. The SMILES string of the molecule is CC1(C)C2CC=CC(NC3=CC=CC4OC5C=CC=CC5[C@H]34)C2[C@H]2CCCCC21. The van der Waals surface area contributed by atoms with E-state index in [4.69, 9.17) is 4.74 Å². The van der Waals surface area contributed by atoms with Crippen molar-refractivity contribution in [1.82, 2.24) is 5.32 Å². The van der Waals surface area contributed by atoms with E-state index in [2.05, 4.69) is 73.8 Å². The first-order valence-corrected chi connectivity index (χ1v) is 12.0. The van der Waals surface area contributed by atoms with Crippen LogP contribution in [0.25, 0.3) is 0 Å². The maximum absolute atomic E-state index is 6.37. The van der Waals surface area contributed by atoms with Crippen LogP contribution < -0.4 is 5.32 Å². The summed E-state index contributed by atoms with van der Waals surface area (Å²) in [5.41, 5.74) is 1.87. The molecule has 2 saturated carbocycles. The van der Waals surface area contributed by atoms with Gasteiger partial charge in [0.2, 0.25) is 0 Å².